The highest BCUT2D eigenvalue weighted by Gasteiger charge is 2.24. The van der Waals surface area contributed by atoms with E-state index < -0.39 is 18.1 Å². The average Bonchev–Trinajstić information content (AvgIpc) is 2.37. The van der Waals surface area contributed by atoms with Gasteiger partial charge in [0.15, 0.2) is 11.5 Å². The van der Waals surface area contributed by atoms with E-state index in [0.717, 1.165) is 0 Å². The van der Waals surface area contributed by atoms with Gasteiger partial charge in [-0.15, -0.1) is 0 Å². The third-order valence-electron chi connectivity index (χ3n) is 2.45. The first-order valence-electron chi connectivity index (χ1n) is 5.48. The van der Waals surface area contributed by atoms with Crippen molar-refractivity contribution in [2.24, 2.45) is 5.73 Å². The predicted molar refractivity (Wildman–Crippen MR) is 64.7 cm³/mol. The highest BCUT2D eigenvalue weighted by molar-refractivity contribution is 5.74. The van der Waals surface area contributed by atoms with Gasteiger partial charge in [-0.25, -0.2) is 0 Å². The number of carboxylic acid groups (broad SMARTS) is 1. The van der Waals surface area contributed by atoms with Gasteiger partial charge in [0, 0.05) is 0 Å². The number of hydrogen-bond acceptors (Lipinski definition) is 5. The summed E-state index contributed by atoms with van der Waals surface area (Å²) in [5.74, 6) is -0.317. The van der Waals surface area contributed by atoms with Crippen LogP contribution in [0.4, 0.5) is 0 Å². The van der Waals surface area contributed by atoms with Crippen molar-refractivity contribution in [2.75, 3.05) is 13.7 Å². The summed E-state index contributed by atoms with van der Waals surface area (Å²) in [5, 5.41) is 18.6. The number of aliphatic carboxylic acids is 1. The molecule has 0 aliphatic heterocycles. The maximum atomic E-state index is 10.7. The van der Waals surface area contributed by atoms with E-state index in [1.807, 2.05) is 6.92 Å². The van der Waals surface area contributed by atoms with Crippen LogP contribution in [0.25, 0.3) is 0 Å². The molecule has 0 heterocycles. The minimum Gasteiger partial charge on any atom is -0.493 e. The van der Waals surface area contributed by atoms with Crippen molar-refractivity contribution in [3.63, 3.8) is 0 Å². The Balaban J connectivity index is 3.03. The van der Waals surface area contributed by atoms with Gasteiger partial charge in [-0.2, -0.15) is 0 Å². The second-order valence-corrected chi connectivity index (χ2v) is 3.65. The van der Waals surface area contributed by atoms with E-state index in [4.69, 9.17) is 20.3 Å². The normalized spacial score (nSPS) is 13.8. The van der Waals surface area contributed by atoms with Crippen LogP contribution in [0.3, 0.4) is 0 Å². The van der Waals surface area contributed by atoms with Gasteiger partial charge in [-0.3, -0.25) is 4.79 Å². The number of rotatable bonds is 6. The average molecular weight is 255 g/mol. The third kappa shape index (κ3) is 3.12. The quantitative estimate of drug-likeness (QED) is 0.685. The number of methoxy groups -OCH3 is 1. The number of carbonyl (C=O) groups is 1. The van der Waals surface area contributed by atoms with Crippen LogP contribution in [-0.4, -0.2) is 35.9 Å². The van der Waals surface area contributed by atoms with Crippen LogP contribution < -0.4 is 15.2 Å². The second-order valence-electron chi connectivity index (χ2n) is 3.65. The number of ether oxygens (including phenoxy) is 2. The molecule has 1 aromatic rings. The van der Waals surface area contributed by atoms with Crippen molar-refractivity contribution in [3.05, 3.63) is 23.8 Å². The predicted octanol–water partition coefficient (Wildman–Crippen LogP) is 0.539. The molecule has 0 bridgehead atoms. The van der Waals surface area contributed by atoms with E-state index >= 15 is 0 Å². The van der Waals surface area contributed by atoms with Crippen LogP contribution in [0, 0.1) is 0 Å². The standard InChI is InChI=1S/C12H17NO5/c1-3-18-9-6-7(4-5-8(9)17-2)11(14)10(13)12(15)16/h4-6,10-11,14H,3,13H2,1-2H3,(H,15,16). The molecule has 0 radical (unpaired) electrons. The first-order valence-corrected chi connectivity index (χ1v) is 5.48. The molecule has 0 spiro atoms. The zero-order chi connectivity index (χ0) is 13.7. The molecule has 0 amide bonds. The molecule has 0 fully saturated rings. The summed E-state index contributed by atoms with van der Waals surface area (Å²) in [4.78, 5) is 10.7. The Bertz CT molecular complexity index is 421. The molecule has 18 heavy (non-hydrogen) atoms. The lowest BCUT2D eigenvalue weighted by molar-refractivity contribution is -0.141. The van der Waals surface area contributed by atoms with Gasteiger partial charge in [-0.05, 0) is 24.6 Å². The van der Waals surface area contributed by atoms with E-state index in [9.17, 15) is 9.90 Å². The number of benzene rings is 1. The molecular weight excluding hydrogens is 238 g/mol. The van der Waals surface area contributed by atoms with E-state index in [1.54, 1.807) is 12.1 Å². The van der Waals surface area contributed by atoms with Crippen molar-refractivity contribution in [3.8, 4) is 11.5 Å². The SMILES string of the molecule is CCOc1cc(C(O)C(N)C(=O)O)ccc1OC. The molecule has 2 atom stereocenters. The summed E-state index contributed by atoms with van der Waals surface area (Å²) >= 11 is 0. The molecule has 6 heteroatoms. The topological polar surface area (TPSA) is 102 Å². The lowest BCUT2D eigenvalue weighted by Crippen LogP contribution is -2.36. The minimum absolute atomic E-state index is 0.370. The molecule has 0 saturated heterocycles. The second kappa shape index (κ2) is 6.23. The van der Waals surface area contributed by atoms with Crippen molar-refractivity contribution >= 4 is 5.97 Å². The van der Waals surface area contributed by atoms with E-state index in [-0.39, 0.29) is 0 Å². The Morgan fingerprint density at radius 1 is 1.44 bits per heavy atom. The zero-order valence-electron chi connectivity index (χ0n) is 10.3. The van der Waals surface area contributed by atoms with Gasteiger partial charge >= 0.3 is 5.97 Å². The van der Waals surface area contributed by atoms with E-state index in [1.165, 1.54) is 13.2 Å². The van der Waals surface area contributed by atoms with E-state index in [2.05, 4.69) is 0 Å². The smallest absolute Gasteiger partial charge is 0.323 e. The van der Waals surface area contributed by atoms with E-state index in [0.29, 0.717) is 23.7 Å². The fraction of sp³-hybridized carbons (Fsp3) is 0.417. The molecule has 4 N–H and O–H groups in total. The van der Waals surface area contributed by atoms with Gasteiger partial charge < -0.3 is 25.4 Å². The van der Waals surface area contributed by atoms with Gasteiger partial charge in [0.1, 0.15) is 12.1 Å². The summed E-state index contributed by atoms with van der Waals surface area (Å²) in [6.45, 7) is 2.24. The molecule has 100 valence electrons. The molecule has 1 aromatic carbocycles. The monoisotopic (exact) mass is 255 g/mol. The largest absolute Gasteiger partial charge is 0.493 e. The highest BCUT2D eigenvalue weighted by Crippen LogP contribution is 2.31. The van der Waals surface area contributed by atoms with Crippen molar-refractivity contribution in [1.29, 1.82) is 0 Å². The molecule has 0 aliphatic rings. The highest BCUT2D eigenvalue weighted by atomic mass is 16.5. The summed E-state index contributed by atoms with van der Waals surface area (Å²) < 4.78 is 10.4. The van der Waals surface area contributed by atoms with Gasteiger partial charge in [0.2, 0.25) is 0 Å². The number of carboxylic acids is 1. The van der Waals surface area contributed by atoms with Crippen molar-refractivity contribution in [2.45, 2.75) is 19.1 Å². The first-order chi connectivity index (χ1) is 8.51. The maximum Gasteiger partial charge on any atom is 0.323 e. The summed E-state index contributed by atoms with van der Waals surface area (Å²) in [6.07, 6.45) is -1.30. The lowest BCUT2D eigenvalue weighted by Gasteiger charge is -2.17. The van der Waals surface area contributed by atoms with Crippen LogP contribution >= 0.6 is 0 Å². The summed E-state index contributed by atoms with van der Waals surface area (Å²) in [6, 6.07) is 3.29. The Kier molecular flexibility index (Phi) is 4.94. The number of aliphatic hydroxyl groups excluding tert-OH is 1. The Morgan fingerprint density at radius 2 is 2.11 bits per heavy atom. The van der Waals surface area contributed by atoms with Gasteiger partial charge in [0.25, 0.3) is 0 Å². The summed E-state index contributed by atoms with van der Waals surface area (Å²) in [7, 11) is 1.50. The number of aliphatic hydroxyl groups is 1. The molecule has 0 saturated carbocycles. The molecule has 6 nitrogen and oxygen atoms in total. The molecule has 0 aliphatic carbocycles. The Morgan fingerprint density at radius 3 is 2.61 bits per heavy atom. The van der Waals surface area contributed by atoms with Crippen LogP contribution in [-0.2, 0) is 4.79 Å². The Hall–Kier alpha value is -1.79. The first kappa shape index (κ1) is 14.3. The minimum atomic E-state index is -1.38. The number of nitrogens with two attached hydrogens (primary N) is 1. The fourth-order valence-electron chi connectivity index (χ4n) is 1.49. The maximum absolute atomic E-state index is 10.7. The van der Waals surface area contributed by atoms with Gasteiger partial charge in [0.05, 0.1) is 13.7 Å². The lowest BCUT2D eigenvalue weighted by atomic mass is 10.0. The van der Waals surface area contributed by atoms with Crippen molar-refractivity contribution in [1.82, 2.24) is 0 Å². The van der Waals surface area contributed by atoms with Crippen molar-refractivity contribution < 1.29 is 24.5 Å². The van der Waals surface area contributed by atoms with Crippen LogP contribution in [0.5, 0.6) is 11.5 Å². The summed E-state index contributed by atoms with van der Waals surface area (Å²) in [5.41, 5.74) is 5.73. The third-order valence-corrected chi connectivity index (χ3v) is 2.45. The number of hydrogen-bond donors (Lipinski definition) is 3. The molecule has 1 rings (SSSR count). The molecule has 0 aromatic heterocycles. The Labute approximate surface area is 105 Å². The van der Waals surface area contributed by atoms with Gasteiger partial charge in [-0.1, -0.05) is 6.07 Å². The molecular formula is C12H17NO5. The van der Waals surface area contributed by atoms with Crippen LogP contribution in [0.2, 0.25) is 0 Å². The molecule has 2 unspecified atom stereocenters. The zero-order valence-corrected chi connectivity index (χ0v) is 10.3. The van der Waals surface area contributed by atoms with Crippen LogP contribution in [0.15, 0.2) is 18.2 Å². The fourth-order valence-corrected chi connectivity index (χ4v) is 1.49. The van der Waals surface area contributed by atoms with Crippen LogP contribution in [0.1, 0.15) is 18.6 Å².